The minimum atomic E-state index is -1.04. The molecule has 1 aromatic carbocycles. The van der Waals surface area contributed by atoms with E-state index in [0.717, 1.165) is 26.4 Å². The molecule has 2 aromatic heterocycles. The Morgan fingerprint density at radius 1 is 1.35 bits per heavy atom. The molecule has 4 nitrogen and oxygen atoms in total. The lowest BCUT2D eigenvalue weighted by molar-refractivity contribution is 0.0690. The second-order valence-corrected chi connectivity index (χ2v) is 6.67. The topological polar surface area (TPSA) is 63.1 Å². The van der Waals surface area contributed by atoms with Crippen LogP contribution >= 0.6 is 22.9 Å². The normalized spacial score (nSPS) is 10.9. The van der Waals surface area contributed by atoms with Crippen LogP contribution in [0, 0.1) is 0 Å². The molecule has 0 amide bonds. The lowest BCUT2D eigenvalue weighted by Gasteiger charge is -2.04. The van der Waals surface area contributed by atoms with Crippen molar-refractivity contribution in [1.82, 2.24) is 9.97 Å². The Morgan fingerprint density at radius 3 is 2.83 bits per heavy atom. The van der Waals surface area contributed by atoms with Gasteiger partial charge in [0.05, 0.1) is 10.2 Å². The molecule has 3 rings (SSSR count). The lowest BCUT2D eigenvalue weighted by atomic mass is 10.1. The van der Waals surface area contributed by atoms with Crippen LogP contribution in [0.5, 0.6) is 0 Å². The fourth-order valence-corrected chi connectivity index (χ4v) is 3.56. The molecule has 116 valence electrons. The van der Waals surface area contributed by atoms with Crippen LogP contribution in [0.4, 0.5) is 0 Å². The first kappa shape index (κ1) is 15.6. The van der Waals surface area contributed by atoms with Gasteiger partial charge in [-0.25, -0.2) is 14.8 Å². The third-order valence-corrected chi connectivity index (χ3v) is 4.68. The fourth-order valence-electron chi connectivity index (χ4n) is 2.27. The van der Waals surface area contributed by atoms with Crippen LogP contribution in [0.15, 0.2) is 36.9 Å². The van der Waals surface area contributed by atoms with Crippen molar-refractivity contribution in [2.24, 2.45) is 0 Å². The van der Waals surface area contributed by atoms with Gasteiger partial charge in [-0.05, 0) is 42.3 Å². The first-order valence-corrected chi connectivity index (χ1v) is 8.07. The minimum Gasteiger partial charge on any atom is -0.477 e. The zero-order chi connectivity index (χ0) is 16.6. The maximum absolute atomic E-state index is 11.0. The highest BCUT2D eigenvalue weighted by Crippen LogP contribution is 2.32. The molecule has 0 aliphatic rings. The number of thiazole rings is 1. The van der Waals surface area contributed by atoms with Crippen molar-refractivity contribution in [1.29, 1.82) is 0 Å². The van der Waals surface area contributed by atoms with Crippen LogP contribution in [0.25, 0.3) is 15.8 Å². The van der Waals surface area contributed by atoms with E-state index in [0.29, 0.717) is 17.1 Å². The molecule has 0 aliphatic heterocycles. The molecule has 0 unspecified atom stereocenters. The summed E-state index contributed by atoms with van der Waals surface area (Å²) < 4.78 is 0.986. The maximum Gasteiger partial charge on any atom is 0.354 e. The van der Waals surface area contributed by atoms with Gasteiger partial charge in [-0.2, -0.15) is 0 Å². The molecule has 23 heavy (non-hydrogen) atoms. The van der Waals surface area contributed by atoms with E-state index in [-0.39, 0.29) is 5.69 Å². The van der Waals surface area contributed by atoms with Gasteiger partial charge in [0.1, 0.15) is 10.7 Å². The Hall–Kier alpha value is -2.24. The standard InChI is InChI=1S/C17H13ClN2O2S/c1-9(2)16-20-15-10(6-11(18)8-14(15)23-16)7-12-4-3-5-13(19-12)17(21)22/h3-6,8H,1,7H2,2H3,(H,21,22). The number of carbonyl (C=O) groups is 1. The molecule has 6 heteroatoms. The summed E-state index contributed by atoms with van der Waals surface area (Å²) in [6.07, 6.45) is 0.470. The summed E-state index contributed by atoms with van der Waals surface area (Å²) in [5, 5.41) is 10.5. The van der Waals surface area contributed by atoms with E-state index in [1.807, 2.05) is 19.1 Å². The van der Waals surface area contributed by atoms with Gasteiger partial charge in [0.2, 0.25) is 0 Å². The molecule has 1 N–H and O–H groups in total. The largest absolute Gasteiger partial charge is 0.477 e. The van der Waals surface area contributed by atoms with Crippen LogP contribution in [0.2, 0.25) is 5.02 Å². The van der Waals surface area contributed by atoms with Crippen LogP contribution in [0.1, 0.15) is 33.7 Å². The third kappa shape index (κ3) is 3.25. The Bertz CT molecular complexity index is 933. The second kappa shape index (κ2) is 6.10. The molecule has 0 atom stereocenters. The monoisotopic (exact) mass is 344 g/mol. The predicted octanol–water partition coefficient (Wildman–Crippen LogP) is 4.67. The highest BCUT2D eigenvalue weighted by Gasteiger charge is 2.12. The predicted molar refractivity (Wildman–Crippen MR) is 93.3 cm³/mol. The van der Waals surface area contributed by atoms with Crippen molar-refractivity contribution in [2.45, 2.75) is 13.3 Å². The van der Waals surface area contributed by atoms with E-state index in [2.05, 4.69) is 16.5 Å². The van der Waals surface area contributed by atoms with Crippen LogP contribution in [-0.2, 0) is 6.42 Å². The third-order valence-electron chi connectivity index (χ3n) is 3.30. The van der Waals surface area contributed by atoms with Crippen molar-refractivity contribution in [2.75, 3.05) is 0 Å². The van der Waals surface area contributed by atoms with Crippen molar-refractivity contribution in [3.05, 3.63) is 63.9 Å². The molecule has 0 radical (unpaired) electrons. The molecule has 0 saturated carbocycles. The highest BCUT2D eigenvalue weighted by atomic mass is 35.5. The van der Waals surface area contributed by atoms with Crippen LogP contribution in [0.3, 0.4) is 0 Å². The Labute approximate surface area is 142 Å². The van der Waals surface area contributed by atoms with E-state index in [1.54, 1.807) is 23.5 Å². The molecular formula is C17H13ClN2O2S. The van der Waals surface area contributed by atoms with E-state index in [1.165, 1.54) is 6.07 Å². The van der Waals surface area contributed by atoms with Gasteiger partial charge in [0.25, 0.3) is 0 Å². The van der Waals surface area contributed by atoms with E-state index in [4.69, 9.17) is 16.7 Å². The fraction of sp³-hybridized carbons (Fsp3) is 0.118. The molecule has 0 fully saturated rings. The molecular weight excluding hydrogens is 332 g/mol. The highest BCUT2D eigenvalue weighted by molar-refractivity contribution is 7.19. The van der Waals surface area contributed by atoms with Gasteiger partial charge in [-0.1, -0.05) is 24.2 Å². The van der Waals surface area contributed by atoms with Crippen LogP contribution < -0.4 is 0 Å². The van der Waals surface area contributed by atoms with Crippen molar-refractivity contribution in [3.63, 3.8) is 0 Å². The van der Waals surface area contributed by atoms with Crippen LogP contribution in [-0.4, -0.2) is 21.0 Å². The summed E-state index contributed by atoms with van der Waals surface area (Å²) in [5.41, 5.74) is 3.38. The van der Waals surface area contributed by atoms with E-state index >= 15 is 0 Å². The number of halogens is 1. The summed E-state index contributed by atoms with van der Waals surface area (Å²) >= 11 is 7.75. The minimum absolute atomic E-state index is 0.0293. The molecule has 0 bridgehead atoms. The number of hydrogen-bond donors (Lipinski definition) is 1. The lowest BCUT2D eigenvalue weighted by Crippen LogP contribution is -2.03. The zero-order valence-electron chi connectivity index (χ0n) is 12.3. The Kier molecular flexibility index (Phi) is 4.15. The summed E-state index contributed by atoms with van der Waals surface area (Å²) in [4.78, 5) is 19.8. The van der Waals surface area contributed by atoms with E-state index in [9.17, 15) is 4.79 Å². The number of allylic oxidation sites excluding steroid dienone is 1. The molecule has 0 saturated heterocycles. The number of rotatable bonds is 4. The molecule has 3 aromatic rings. The molecule has 0 spiro atoms. The van der Waals surface area contributed by atoms with Gasteiger partial charge in [0, 0.05) is 17.1 Å². The number of pyridine rings is 1. The summed E-state index contributed by atoms with van der Waals surface area (Å²) in [6.45, 7) is 5.84. The SMILES string of the molecule is C=C(C)c1nc2c(Cc3cccc(C(=O)O)n3)cc(Cl)cc2s1. The number of carboxylic acid groups (broad SMARTS) is 1. The summed E-state index contributed by atoms with van der Waals surface area (Å²) in [5.74, 6) is -1.04. The average Bonchev–Trinajstić information content (AvgIpc) is 2.91. The second-order valence-electron chi connectivity index (χ2n) is 5.21. The average molecular weight is 345 g/mol. The van der Waals surface area contributed by atoms with Crippen molar-refractivity contribution in [3.8, 4) is 0 Å². The van der Waals surface area contributed by atoms with Gasteiger partial charge >= 0.3 is 5.97 Å². The number of aromatic carboxylic acids is 1. The summed E-state index contributed by atoms with van der Waals surface area (Å²) in [7, 11) is 0. The maximum atomic E-state index is 11.0. The van der Waals surface area contributed by atoms with Gasteiger partial charge in [-0.3, -0.25) is 0 Å². The quantitative estimate of drug-likeness (QED) is 0.747. The smallest absolute Gasteiger partial charge is 0.354 e. The number of carboxylic acids is 1. The van der Waals surface area contributed by atoms with Gasteiger partial charge < -0.3 is 5.11 Å². The number of hydrogen-bond acceptors (Lipinski definition) is 4. The zero-order valence-corrected chi connectivity index (χ0v) is 13.9. The van der Waals surface area contributed by atoms with Crippen molar-refractivity contribution >= 4 is 44.7 Å². The first-order chi connectivity index (χ1) is 10.9. The Morgan fingerprint density at radius 2 is 2.13 bits per heavy atom. The van der Waals surface area contributed by atoms with Crippen molar-refractivity contribution < 1.29 is 9.90 Å². The number of benzene rings is 1. The number of nitrogens with zero attached hydrogens (tertiary/aromatic N) is 2. The molecule has 0 aliphatic carbocycles. The van der Waals surface area contributed by atoms with Gasteiger partial charge in [0.15, 0.2) is 0 Å². The first-order valence-electron chi connectivity index (χ1n) is 6.88. The van der Waals surface area contributed by atoms with E-state index < -0.39 is 5.97 Å². The number of aromatic nitrogens is 2. The number of fused-ring (bicyclic) bond motifs is 1. The summed E-state index contributed by atoms with van der Waals surface area (Å²) in [6, 6.07) is 8.69. The molecule has 2 heterocycles. The Balaban J connectivity index is 2.07. The van der Waals surface area contributed by atoms with Gasteiger partial charge in [-0.15, -0.1) is 11.3 Å².